The zero-order valence-electron chi connectivity index (χ0n) is 16.9. The van der Waals surface area contributed by atoms with E-state index in [2.05, 4.69) is 29.4 Å². The maximum absolute atomic E-state index is 13.3. The van der Waals surface area contributed by atoms with Crippen molar-refractivity contribution in [1.29, 1.82) is 0 Å². The van der Waals surface area contributed by atoms with Crippen LogP contribution in [-0.4, -0.2) is 22.1 Å². The van der Waals surface area contributed by atoms with Gasteiger partial charge in [0.05, 0.1) is 22.7 Å². The van der Waals surface area contributed by atoms with Crippen molar-refractivity contribution in [3.8, 4) is 0 Å². The molecule has 1 saturated carbocycles. The molecule has 0 bridgehead atoms. The fraction of sp³-hybridized carbons (Fsp3) is 0.348. The molecule has 1 amide bonds. The highest BCUT2D eigenvalue weighted by Crippen LogP contribution is 2.59. The van der Waals surface area contributed by atoms with E-state index in [0.717, 1.165) is 29.7 Å². The van der Waals surface area contributed by atoms with Gasteiger partial charge in [0.15, 0.2) is 0 Å². The molecule has 2 aromatic carbocycles. The summed E-state index contributed by atoms with van der Waals surface area (Å²) in [5, 5.41) is 4.06. The first-order chi connectivity index (χ1) is 13.8. The molecule has 1 aliphatic carbocycles. The Morgan fingerprint density at radius 2 is 2.03 bits per heavy atom. The molecule has 1 aromatic heterocycles. The fourth-order valence-electron chi connectivity index (χ4n) is 4.40. The number of halogens is 1. The smallest absolute Gasteiger partial charge is 0.246 e. The second-order valence-corrected chi connectivity index (χ2v) is 8.54. The summed E-state index contributed by atoms with van der Waals surface area (Å²) in [4.78, 5) is 21.3. The van der Waals surface area contributed by atoms with Crippen LogP contribution in [0.1, 0.15) is 50.9 Å². The molecule has 0 saturated heterocycles. The number of hydrazone groups is 1. The van der Waals surface area contributed by atoms with Crippen LogP contribution in [-0.2, 0) is 4.79 Å². The molecule has 1 aliphatic rings. The molecule has 29 heavy (non-hydrogen) atoms. The lowest BCUT2D eigenvalue weighted by Gasteiger charge is -2.39. The van der Waals surface area contributed by atoms with Crippen LogP contribution >= 0.6 is 0 Å². The molecule has 0 spiro atoms. The van der Waals surface area contributed by atoms with Gasteiger partial charge in [-0.2, -0.15) is 5.10 Å². The first-order valence-electron chi connectivity index (χ1n) is 9.85. The number of rotatable bonds is 4. The number of hydrogen-bond donors (Lipinski definition) is 2. The Bertz CT molecular complexity index is 1050. The number of benzene rings is 2. The molecule has 1 heterocycles. The predicted molar refractivity (Wildman–Crippen MR) is 112 cm³/mol. The first-order valence-corrected chi connectivity index (χ1v) is 9.85. The van der Waals surface area contributed by atoms with Crippen LogP contribution in [0.4, 0.5) is 4.39 Å². The minimum atomic E-state index is -0.601. The Morgan fingerprint density at radius 1 is 1.24 bits per heavy atom. The number of aromatic amines is 1. The van der Waals surface area contributed by atoms with Crippen molar-refractivity contribution < 1.29 is 9.18 Å². The minimum Gasteiger partial charge on any atom is -0.342 e. The maximum atomic E-state index is 13.3. The SMILES string of the molecule is CC1(C(=O)NN=Cc2cccc(F)c2)CCC(c2nc3ccccc3[nH]2)C1(C)C. The molecule has 5 nitrogen and oxygen atoms in total. The van der Waals surface area contributed by atoms with Crippen LogP contribution in [0.2, 0.25) is 0 Å². The molecular formula is C23H25FN4O. The standard InChI is InChI=1S/C23H25FN4O/c1-22(2)17(20-26-18-9-4-5-10-19(18)27-20)11-12-23(22,3)21(29)28-25-14-15-7-6-8-16(24)13-15/h4-10,13-14,17H,11-12H2,1-3H3,(H,26,27)(H,28,29). The van der Waals surface area contributed by atoms with Gasteiger partial charge in [-0.05, 0) is 48.1 Å². The molecule has 1 fully saturated rings. The third-order valence-electron chi connectivity index (χ3n) is 6.69. The van der Waals surface area contributed by atoms with E-state index < -0.39 is 5.41 Å². The van der Waals surface area contributed by atoms with Gasteiger partial charge in [0.1, 0.15) is 11.6 Å². The monoisotopic (exact) mass is 392 g/mol. The van der Waals surface area contributed by atoms with Crippen LogP contribution in [0.25, 0.3) is 11.0 Å². The zero-order valence-corrected chi connectivity index (χ0v) is 16.9. The summed E-state index contributed by atoms with van der Waals surface area (Å²) < 4.78 is 13.3. The summed E-state index contributed by atoms with van der Waals surface area (Å²) >= 11 is 0. The predicted octanol–water partition coefficient (Wildman–Crippen LogP) is 4.76. The van der Waals surface area contributed by atoms with E-state index in [1.807, 2.05) is 31.2 Å². The van der Waals surface area contributed by atoms with E-state index in [-0.39, 0.29) is 23.1 Å². The second kappa shape index (κ2) is 7.10. The van der Waals surface area contributed by atoms with Gasteiger partial charge < -0.3 is 4.98 Å². The van der Waals surface area contributed by atoms with Gasteiger partial charge >= 0.3 is 0 Å². The van der Waals surface area contributed by atoms with E-state index in [9.17, 15) is 9.18 Å². The average Bonchev–Trinajstić information content (AvgIpc) is 3.20. The van der Waals surface area contributed by atoms with Gasteiger partial charge in [-0.3, -0.25) is 4.79 Å². The van der Waals surface area contributed by atoms with E-state index in [1.165, 1.54) is 18.3 Å². The van der Waals surface area contributed by atoms with Crippen LogP contribution in [0.5, 0.6) is 0 Å². The van der Waals surface area contributed by atoms with Crippen molar-refractivity contribution >= 4 is 23.2 Å². The molecule has 150 valence electrons. The summed E-state index contributed by atoms with van der Waals surface area (Å²) in [5.74, 6) is 0.598. The second-order valence-electron chi connectivity index (χ2n) is 8.54. The van der Waals surface area contributed by atoms with Gasteiger partial charge in [-0.15, -0.1) is 0 Å². The number of carbonyl (C=O) groups excluding carboxylic acids is 1. The van der Waals surface area contributed by atoms with E-state index >= 15 is 0 Å². The lowest BCUT2D eigenvalue weighted by Crippen LogP contribution is -2.45. The molecule has 4 rings (SSSR count). The lowest BCUT2D eigenvalue weighted by molar-refractivity contribution is -0.135. The van der Waals surface area contributed by atoms with Gasteiger partial charge in [-0.1, -0.05) is 45.0 Å². The Kier molecular flexibility index (Phi) is 4.73. The maximum Gasteiger partial charge on any atom is 0.246 e. The number of hydrogen-bond acceptors (Lipinski definition) is 3. The fourth-order valence-corrected chi connectivity index (χ4v) is 4.40. The average molecular weight is 392 g/mol. The number of nitrogens with one attached hydrogen (secondary N) is 2. The minimum absolute atomic E-state index is 0.131. The summed E-state index contributed by atoms with van der Waals surface area (Å²) in [6.07, 6.45) is 3.07. The third kappa shape index (κ3) is 3.33. The highest BCUT2D eigenvalue weighted by Gasteiger charge is 2.57. The van der Waals surface area contributed by atoms with Crippen molar-refractivity contribution in [2.75, 3.05) is 0 Å². The number of imidazole rings is 1. The highest BCUT2D eigenvalue weighted by molar-refractivity contribution is 5.86. The number of nitrogens with zero attached hydrogens (tertiary/aromatic N) is 2. The molecular weight excluding hydrogens is 367 g/mol. The molecule has 3 aromatic rings. The highest BCUT2D eigenvalue weighted by atomic mass is 19.1. The summed E-state index contributed by atoms with van der Waals surface area (Å²) in [7, 11) is 0. The molecule has 6 heteroatoms. The Hall–Kier alpha value is -3.02. The summed E-state index contributed by atoms with van der Waals surface area (Å²) in [6.45, 7) is 6.23. The van der Waals surface area contributed by atoms with Crippen molar-refractivity contribution in [3.05, 3.63) is 65.7 Å². The zero-order chi connectivity index (χ0) is 20.6. The Labute approximate surface area is 169 Å². The van der Waals surface area contributed by atoms with Crippen LogP contribution in [0.3, 0.4) is 0 Å². The number of fused-ring (bicyclic) bond motifs is 1. The number of carbonyl (C=O) groups is 1. The quantitative estimate of drug-likeness (QED) is 0.496. The van der Waals surface area contributed by atoms with Crippen molar-refractivity contribution in [3.63, 3.8) is 0 Å². The van der Waals surface area contributed by atoms with Crippen molar-refractivity contribution in [2.24, 2.45) is 15.9 Å². The molecule has 2 unspecified atom stereocenters. The normalized spacial score (nSPS) is 23.7. The number of para-hydroxylation sites is 2. The van der Waals surface area contributed by atoms with Crippen LogP contribution < -0.4 is 5.43 Å². The Morgan fingerprint density at radius 3 is 2.79 bits per heavy atom. The van der Waals surface area contributed by atoms with Crippen molar-refractivity contribution in [1.82, 2.24) is 15.4 Å². The largest absolute Gasteiger partial charge is 0.342 e. The number of amides is 1. The first kappa shape index (κ1) is 19.3. The third-order valence-corrected chi connectivity index (χ3v) is 6.69. The van der Waals surface area contributed by atoms with Gasteiger partial charge in [-0.25, -0.2) is 14.8 Å². The lowest BCUT2D eigenvalue weighted by atomic mass is 9.65. The van der Waals surface area contributed by atoms with Gasteiger partial charge in [0.2, 0.25) is 5.91 Å². The van der Waals surface area contributed by atoms with E-state index in [4.69, 9.17) is 4.98 Å². The molecule has 0 aliphatic heterocycles. The van der Waals surface area contributed by atoms with Gasteiger partial charge in [0.25, 0.3) is 0 Å². The molecule has 0 radical (unpaired) electrons. The number of aromatic nitrogens is 2. The molecule has 2 N–H and O–H groups in total. The van der Waals surface area contributed by atoms with Crippen LogP contribution in [0.15, 0.2) is 53.6 Å². The van der Waals surface area contributed by atoms with Gasteiger partial charge in [0, 0.05) is 5.92 Å². The topological polar surface area (TPSA) is 70.1 Å². The van der Waals surface area contributed by atoms with E-state index in [1.54, 1.807) is 12.1 Å². The molecule has 2 atom stereocenters. The van der Waals surface area contributed by atoms with Crippen molar-refractivity contribution in [2.45, 2.75) is 39.5 Å². The summed E-state index contributed by atoms with van der Waals surface area (Å²) in [5.41, 5.74) is 4.29. The Balaban J connectivity index is 1.53. The van der Waals surface area contributed by atoms with Crippen LogP contribution in [0, 0.1) is 16.6 Å². The summed E-state index contributed by atoms with van der Waals surface area (Å²) in [6, 6.07) is 14.0. The van der Waals surface area contributed by atoms with E-state index in [0.29, 0.717) is 5.56 Å². The number of H-pyrrole nitrogens is 1.